The highest BCUT2D eigenvalue weighted by molar-refractivity contribution is 7.17. The number of benzene rings is 1. The zero-order valence-electron chi connectivity index (χ0n) is 14.6. The maximum Gasteiger partial charge on any atom is 0.263 e. The number of aryl methyl sites for hydroxylation is 3. The van der Waals surface area contributed by atoms with Crippen molar-refractivity contribution >= 4 is 17.2 Å². The molecule has 0 radical (unpaired) electrons. The maximum absolute atomic E-state index is 13.7. The zero-order chi connectivity index (χ0) is 18.3. The number of halogens is 1. The van der Waals surface area contributed by atoms with Crippen molar-refractivity contribution in [2.45, 2.75) is 32.2 Å². The van der Waals surface area contributed by atoms with Crippen molar-refractivity contribution in [2.24, 2.45) is 7.05 Å². The molecule has 26 heavy (non-hydrogen) atoms. The smallest absolute Gasteiger partial charge is 0.263 e. The van der Waals surface area contributed by atoms with Gasteiger partial charge >= 0.3 is 0 Å². The quantitative estimate of drug-likeness (QED) is 0.763. The van der Waals surface area contributed by atoms with Crippen LogP contribution in [0.4, 0.5) is 4.39 Å². The summed E-state index contributed by atoms with van der Waals surface area (Å²) in [4.78, 5) is 17.9. The largest absolute Gasteiger partial charge is 0.344 e. The lowest BCUT2D eigenvalue weighted by Crippen LogP contribution is -2.31. The van der Waals surface area contributed by atoms with E-state index < -0.39 is 0 Å². The monoisotopic (exact) mass is 370 g/mol. The van der Waals surface area contributed by atoms with Crippen LogP contribution in [0.5, 0.6) is 0 Å². The molecule has 0 fully saturated rings. The van der Waals surface area contributed by atoms with Crippen LogP contribution in [0.3, 0.4) is 0 Å². The summed E-state index contributed by atoms with van der Waals surface area (Å²) in [6.07, 6.45) is 6.33. The molecule has 134 valence electrons. The third-order valence-corrected chi connectivity index (χ3v) is 5.89. The van der Waals surface area contributed by atoms with Gasteiger partial charge < -0.3 is 5.32 Å². The lowest BCUT2D eigenvalue weighted by atomic mass is 9.87. The second-order valence-electron chi connectivity index (χ2n) is 6.60. The van der Waals surface area contributed by atoms with E-state index in [2.05, 4.69) is 15.4 Å². The van der Waals surface area contributed by atoms with Crippen molar-refractivity contribution in [3.05, 3.63) is 58.1 Å². The van der Waals surface area contributed by atoms with Gasteiger partial charge in [0, 0.05) is 18.8 Å². The molecule has 4 rings (SSSR count). The van der Waals surface area contributed by atoms with Crippen LogP contribution in [0, 0.1) is 12.7 Å². The molecule has 7 heteroatoms. The molecule has 0 saturated carbocycles. The van der Waals surface area contributed by atoms with Crippen molar-refractivity contribution in [3.63, 3.8) is 0 Å². The second kappa shape index (κ2) is 6.64. The van der Waals surface area contributed by atoms with E-state index in [9.17, 15) is 9.18 Å². The van der Waals surface area contributed by atoms with Crippen molar-refractivity contribution in [3.8, 4) is 10.6 Å². The summed E-state index contributed by atoms with van der Waals surface area (Å²) < 4.78 is 15.4. The number of carbonyl (C=O) groups excluding carboxylic acids is 1. The van der Waals surface area contributed by atoms with Crippen molar-refractivity contribution in [1.82, 2.24) is 20.1 Å². The Morgan fingerprint density at radius 2 is 2.27 bits per heavy atom. The van der Waals surface area contributed by atoms with E-state index in [0.29, 0.717) is 10.6 Å². The molecule has 0 saturated heterocycles. The number of amides is 1. The number of aromatic nitrogens is 3. The molecule has 2 aromatic heterocycles. The molecule has 1 amide bonds. The number of fused-ring (bicyclic) bond motifs is 1. The first-order valence-corrected chi connectivity index (χ1v) is 9.38. The maximum atomic E-state index is 13.7. The molecular weight excluding hydrogens is 351 g/mol. The molecule has 1 N–H and O–H groups in total. The van der Waals surface area contributed by atoms with Crippen molar-refractivity contribution < 1.29 is 9.18 Å². The van der Waals surface area contributed by atoms with Gasteiger partial charge in [-0.05, 0) is 49.4 Å². The molecule has 0 spiro atoms. The number of hydrogen-bond donors (Lipinski definition) is 1. The predicted octanol–water partition coefficient (Wildman–Crippen LogP) is 3.80. The fourth-order valence-corrected chi connectivity index (χ4v) is 4.35. The van der Waals surface area contributed by atoms with Crippen LogP contribution < -0.4 is 5.32 Å². The molecule has 1 aliphatic carbocycles. The van der Waals surface area contributed by atoms with Gasteiger partial charge in [0.05, 0.1) is 17.9 Å². The number of carbonyl (C=O) groups is 1. The Balaban J connectivity index is 1.58. The van der Waals surface area contributed by atoms with Gasteiger partial charge in [0.2, 0.25) is 0 Å². The van der Waals surface area contributed by atoms with E-state index in [1.165, 1.54) is 17.4 Å². The molecule has 1 aromatic carbocycles. The fourth-order valence-electron chi connectivity index (χ4n) is 3.41. The summed E-state index contributed by atoms with van der Waals surface area (Å²) in [6.45, 7) is 1.83. The van der Waals surface area contributed by atoms with Crippen LogP contribution in [0.25, 0.3) is 10.6 Å². The van der Waals surface area contributed by atoms with Gasteiger partial charge in [-0.15, -0.1) is 11.3 Å². The summed E-state index contributed by atoms with van der Waals surface area (Å²) in [7, 11) is 1.84. The number of rotatable bonds is 3. The van der Waals surface area contributed by atoms with E-state index in [-0.39, 0.29) is 17.8 Å². The van der Waals surface area contributed by atoms with E-state index in [0.717, 1.165) is 41.0 Å². The van der Waals surface area contributed by atoms with Gasteiger partial charge in [-0.2, -0.15) is 5.10 Å². The Labute approximate surface area is 154 Å². The summed E-state index contributed by atoms with van der Waals surface area (Å²) in [5.74, 6) is -0.421. The number of thiazole rings is 1. The van der Waals surface area contributed by atoms with Gasteiger partial charge in [-0.1, -0.05) is 6.07 Å². The SMILES string of the molecule is Cc1nc(-c2cnn(C)c2)sc1C(=O)N[C@@H]1CCCc2ccc(F)cc21. The van der Waals surface area contributed by atoms with Crippen molar-refractivity contribution in [2.75, 3.05) is 0 Å². The first-order chi connectivity index (χ1) is 12.5. The van der Waals surface area contributed by atoms with Crippen LogP contribution in [0.2, 0.25) is 0 Å². The highest BCUT2D eigenvalue weighted by Crippen LogP contribution is 2.32. The highest BCUT2D eigenvalue weighted by atomic mass is 32.1. The first kappa shape index (κ1) is 16.9. The second-order valence-corrected chi connectivity index (χ2v) is 7.60. The molecule has 0 bridgehead atoms. The van der Waals surface area contributed by atoms with Crippen LogP contribution in [0.1, 0.15) is 45.4 Å². The molecule has 5 nitrogen and oxygen atoms in total. The molecule has 3 aromatic rings. The van der Waals surface area contributed by atoms with Crippen LogP contribution in [0.15, 0.2) is 30.6 Å². The van der Waals surface area contributed by atoms with Gasteiger partial charge in [0.15, 0.2) is 0 Å². The number of nitrogens with zero attached hydrogens (tertiary/aromatic N) is 3. The van der Waals surface area contributed by atoms with Gasteiger partial charge in [-0.25, -0.2) is 9.37 Å². The third-order valence-electron chi connectivity index (χ3n) is 4.68. The number of nitrogens with one attached hydrogen (secondary N) is 1. The minimum absolute atomic E-state index is 0.155. The highest BCUT2D eigenvalue weighted by Gasteiger charge is 2.25. The molecular formula is C19H19FN4OS. The molecule has 0 unspecified atom stereocenters. The average molecular weight is 370 g/mol. The first-order valence-electron chi connectivity index (χ1n) is 8.57. The Hall–Kier alpha value is -2.54. The Morgan fingerprint density at radius 3 is 3.04 bits per heavy atom. The van der Waals surface area contributed by atoms with E-state index in [1.54, 1.807) is 16.9 Å². The lowest BCUT2D eigenvalue weighted by Gasteiger charge is -2.26. The molecule has 1 aliphatic rings. The summed E-state index contributed by atoms with van der Waals surface area (Å²) in [5, 5.41) is 8.00. The van der Waals surface area contributed by atoms with Crippen molar-refractivity contribution in [1.29, 1.82) is 0 Å². The third kappa shape index (κ3) is 3.14. The Bertz CT molecular complexity index is 978. The molecule has 2 heterocycles. The summed E-state index contributed by atoms with van der Waals surface area (Å²) >= 11 is 1.36. The van der Waals surface area contributed by atoms with Crippen LogP contribution in [-0.4, -0.2) is 20.7 Å². The van der Waals surface area contributed by atoms with E-state index in [1.807, 2.05) is 26.2 Å². The van der Waals surface area contributed by atoms with Gasteiger partial charge in [-0.3, -0.25) is 9.48 Å². The minimum Gasteiger partial charge on any atom is -0.344 e. The normalized spacial score (nSPS) is 16.3. The Morgan fingerprint density at radius 1 is 1.42 bits per heavy atom. The average Bonchev–Trinajstić information content (AvgIpc) is 3.21. The zero-order valence-corrected chi connectivity index (χ0v) is 15.4. The summed E-state index contributed by atoms with van der Waals surface area (Å²) in [6, 6.07) is 4.68. The van der Waals surface area contributed by atoms with Gasteiger partial charge in [0.1, 0.15) is 15.7 Å². The number of hydrogen-bond acceptors (Lipinski definition) is 4. The topological polar surface area (TPSA) is 59.8 Å². The van der Waals surface area contributed by atoms with E-state index >= 15 is 0 Å². The Kier molecular flexibility index (Phi) is 4.32. The standard InChI is InChI=1S/C19H19FN4OS/c1-11-17(26-19(22-11)13-9-21-24(2)10-13)18(25)23-16-5-3-4-12-6-7-14(20)8-15(12)16/h6-10,16H,3-5H2,1-2H3,(H,23,25)/t16-/m1/s1. The van der Waals surface area contributed by atoms with E-state index in [4.69, 9.17) is 0 Å². The van der Waals surface area contributed by atoms with Crippen LogP contribution >= 0.6 is 11.3 Å². The van der Waals surface area contributed by atoms with Gasteiger partial charge in [0.25, 0.3) is 5.91 Å². The molecule has 1 atom stereocenters. The minimum atomic E-state index is -0.266. The van der Waals surface area contributed by atoms with Crippen LogP contribution in [-0.2, 0) is 13.5 Å². The summed E-state index contributed by atoms with van der Waals surface area (Å²) in [5.41, 5.74) is 3.59. The lowest BCUT2D eigenvalue weighted by molar-refractivity contribution is 0.0936. The molecule has 0 aliphatic heterocycles. The predicted molar refractivity (Wildman–Crippen MR) is 98.6 cm³/mol. The fraction of sp³-hybridized carbons (Fsp3) is 0.316.